The first-order chi connectivity index (χ1) is 5.75. The van der Waals surface area contributed by atoms with Gasteiger partial charge in [-0.1, -0.05) is 32.4 Å². The minimum atomic E-state index is -0.877. The Balaban J connectivity index is 3.07. The molecule has 0 saturated carbocycles. The van der Waals surface area contributed by atoms with Crippen molar-refractivity contribution in [3.8, 4) is 0 Å². The van der Waals surface area contributed by atoms with Crippen molar-refractivity contribution in [2.75, 3.05) is 0 Å². The van der Waals surface area contributed by atoms with Crippen LogP contribution in [0.25, 0.3) is 0 Å². The fourth-order valence-electron chi connectivity index (χ4n) is 0.847. The molecule has 1 unspecified atom stereocenters. The van der Waals surface area contributed by atoms with Crippen molar-refractivity contribution >= 4 is 22.9 Å². The van der Waals surface area contributed by atoms with Crippen molar-refractivity contribution in [2.45, 2.75) is 33.3 Å². The van der Waals surface area contributed by atoms with Gasteiger partial charge >= 0.3 is 0 Å². The third-order valence-electron chi connectivity index (χ3n) is 2.42. The SMILES string of the molecule is CC(C)(C)C(C)(O)c1cnc(Cl)s1. The van der Waals surface area contributed by atoms with E-state index in [0.29, 0.717) is 4.47 Å². The van der Waals surface area contributed by atoms with E-state index in [0.717, 1.165) is 4.88 Å². The first-order valence-corrected chi connectivity index (χ1v) is 5.29. The van der Waals surface area contributed by atoms with Crippen LogP contribution in [-0.4, -0.2) is 10.1 Å². The zero-order valence-corrected chi connectivity index (χ0v) is 9.83. The minimum absolute atomic E-state index is 0.219. The summed E-state index contributed by atoms with van der Waals surface area (Å²) in [7, 11) is 0. The molecule has 13 heavy (non-hydrogen) atoms. The van der Waals surface area contributed by atoms with Gasteiger partial charge in [0.1, 0.15) is 5.60 Å². The summed E-state index contributed by atoms with van der Waals surface area (Å²) in [5, 5.41) is 10.2. The van der Waals surface area contributed by atoms with E-state index in [2.05, 4.69) is 4.98 Å². The van der Waals surface area contributed by atoms with Gasteiger partial charge < -0.3 is 5.11 Å². The predicted octanol–water partition coefficient (Wildman–Crippen LogP) is 3.05. The molecular weight excluding hydrogens is 206 g/mol. The van der Waals surface area contributed by atoms with Crippen LogP contribution in [0, 0.1) is 5.41 Å². The first-order valence-electron chi connectivity index (χ1n) is 4.09. The van der Waals surface area contributed by atoms with Crippen LogP contribution >= 0.6 is 22.9 Å². The number of aliphatic hydroxyl groups is 1. The Kier molecular flexibility index (Phi) is 2.72. The predicted molar refractivity (Wildman–Crippen MR) is 56.1 cm³/mol. The van der Waals surface area contributed by atoms with Crippen molar-refractivity contribution in [1.29, 1.82) is 0 Å². The molecule has 0 aliphatic rings. The average molecular weight is 220 g/mol. The standard InChI is InChI=1S/C9H14ClNOS/c1-8(2,3)9(4,12)6-5-11-7(10)13-6/h5,12H,1-4H3. The second-order valence-corrected chi connectivity index (χ2v) is 5.91. The number of rotatable bonds is 1. The molecule has 1 aromatic rings. The fraction of sp³-hybridized carbons (Fsp3) is 0.667. The highest BCUT2D eigenvalue weighted by molar-refractivity contribution is 7.15. The van der Waals surface area contributed by atoms with E-state index in [1.807, 2.05) is 20.8 Å². The average Bonchev–Trinajstić information content (AvgIpc) is 2.33. The molecule has 1 heterocycles. The molecule has 0 aromatic carbocycles. The first kappa shape index (κ1) is 11.0. The maximum Gasteiger partial charge on any atom is 0.183 e. The molecular formula is C9H14ClNOS. The van der Waals surface area contributed by atoms with Crippen LogP contribution in [0.1, 0.15) is 32.6 Å². The molecule has 0 amide bonds. The van der Waals surface area contributed by atoms with Crippen molar-refractivity contribution in [3.63, 3.8) is 0 Å². The molecule has 0 aliphatic carbocycles. The van der Waals surface area contributed by atoms with Crippen molar-refractivity contribution in [1.82, 2.24) is 4.98 Å². The van der Waals surface area contributed by atoms with Gasteiger partial charge in [0.25, 0.3) is 0 Å². The molecule has 1 N–H and O–H groups in total. The second-order valence-electron chi connectivity index (χ2n) is 4.30. The van der Waals surface area contributed by atoms with E-state index in [1.165, 1.54) is 11.3 Å². The van der Waals surface area contributed by atoms with Crippen LogP contribution in [0.15, 0.2) is 6.20 Å². The third-order valence-corrected chi connectivity index (χ3v) is 3.74. The number of aromatic nitrogens is 1. The van der Waals surface area contributed by atoms with E-state index in [4.69, 9.17) is 11.6 Å². The van der Waals surface area contributed by atoms with E-state index in [-0.39, 0.29) is 5.41 Å². The quantitative estimate of drug-likeness (QED) is 0.788. The van der Waals surface area contributed by atoms with Crippen LogP contribution in [-0.2, 0) is 5.60 Å². The maximum absolute atomic E-state index is 10.2. The molecule has 0 saturated heterocycles. The number of thiazole rings is 1. The number of nitrogens with zero attached hydrogens (tertiary/aromatic N) is 1. The van der Waals surface area contributed by atoms with Crippen LogP contribution in [0.4, 0.5) is 0 Å². The van der Waals surface area contributed by atoms with Gasteiger partial charge in [0.05, 0.1) is 4.88 Å². The lowest BCUT2D eigenvalue weighted by atomic mass is 9.77. The molecule has 74 valence electrons. The third kappa shape index (κ3) is 2.03. The summed E-state index contributed by atoms with van der Waals surface area (Å²) in [6.07, 6.45) is 1.64. The largest absolute Gasteiger partial charge is 0.384 e. The van der Waals surface area contributed by atoms with Gasteiger partial charge in [-0.2, -0.15) is 0 Å². The van der Waals surface area contributed by atoms with Crippen LogP contribution < -0.4 is 0 Å². The van der Waals surface area contributed by atoms with Crippen molar-refractivity contribution in [3.05, 3.63) is 15.5 Å². The maximum atomic E-state index is 10.2. The van der Waals surface area contributed by atoms with Gasteiger partial charge in [-0.05, 0) is 12.3 Å². The van der Waals surface area contributed by atoms with Crippen LogP contribution in [0.5, 0.6) is 0 Å². The molecule has 0 bridgehead atoms. The van der Waals surface area contributed by atoms with Gasteiger partial charge in [0.2, 0.25) is 0 Å². The lowest BCUT2D eigenvalue weighted by molar-refractivity contribution is -0.0439. The Morgan fingerprint density at radius 3 is 2.23 bits per heavy atom. The van der Waals surface area contributed by atoms with E-state index >= 15 is 0 Å². The lowest BCUT2D eigenvalue weighted by Gasteiger charge is -2.35. The lowest BCUT2D eigenvalue weighted by Crippen LogP contribution is -2.35. The summed E-state index contributed by atoms with van der Waals surface area (Å²) in [6.45, 7) is 7.75. The van der Waals surface area contributed by atoms with Crippen LogP contribution in [0.2, 0.25) is 4.47 Å². The van der Waals surface area contributed by atoms with E-state index < -0.39 is 5.60 Å². The zero-order chi connectivity index (χ0) is 10.3. The molecule has 0 spiro atoms. The Hall–Kier alpha value is -0.120. The summed E-state index contributed by atoms with van der Waals surface area (Å²) < 4.78 is 0.472. The van der Waals surface area contributed by atoms with Gasteiger partial charge in [0, 0.05) is 6.20 Å². The van der Waals surface area contributed by atoms with Crippen molar-refractivity contribution in [2.24, 2.45) is 5.41 Å². The molecule has 2 nitrogen and oxygen atoms in total. The minimum Gasteiger partial charge on any atom is -0.384 e. The molecule has 0 aliphatic heterocycles. The van der Waals surface area contributed by atoms with Gasteiger partial charge in [0.15, 0.2) is 4.47 Å². The Bertz CT molecular complexity index is 301. The number of hydrogen-bond donors (Lipinski definition) is 1. The topological polar surface area (TPSA) is 33.1 Å². The Morgan fingerprint density at radius 2 is 1.92 bits per heavy atom. The Morgan fingerprint density at radius 1 is 1.38 bits per heavy atom. The highest BCUT2D eigenvalue weighted by Gasteiger charge is 2.38. The zero-order valence-electron chi connectivity index (χ0n) is 8.26. The normalized spacial score (nSPS) is 17.1. The summed E-state index contributed by atoms with van der Waals surface area (Å²) in [4.78, 5) is 4.73. The molecule has 1 aromatic heterocycles. The van der Waals surface area contributed by atoms with Crippen molar-refractivity contribution < 1.29 is 5.11 Å². The Labute approximate surface area is 87.6 Å². The van der Waals surface area contributed by atoms with Gasteiger partial charge in [-0.3, -0.25) is 0 Å². The highest BCUT2D eigenvalue weighted by Crippen LogP contribution is 2.41. The molecule has 1 atom stereocenters. The molecule has 0 fully saturated rings. The second kappa shape index (κ2) is 3.23. The summed E-state index contributed by atoms with van der Waals surface area (Å²) in [6, 6.07) is 0. The summed E-state index contributed by atoms with van der Waals surface area (Å²) in [5.41, 5.74) is -1.10. The highest BCUT2D eigenvalue weighted by atomic mass is 35.5. The summed E-state index contributed by atoms with van der Waals surface area (Å²) >= 11 is 7.04. The van der Waals surface area contributed by atoms with E-state index in [1.54, 1.807) is 13.1 Å². The van der Waals surface area contributed by atoms with Crippen LogP contribution in [0.3, 0.4) is 0 Å². The van der Waals surface area contributed by atoms with Gasteiger partial charge in [-0.25, -0.2) is 4.98 Å². The number of hydrogen-bond acceptors (Lipinski definition) is 3. The fourth-order valence-corrected chi connectivity index (χ4v) is 2.04. The molecule has 1 rings (SSSR count). The molecule has 4 heteroatoms. The smallest absolute Gasteiger partial charge is 0.183 e. The van der Waals surface area contributed by atoms with Gasteiger partial charge in [-0.15, -0.1) is 11.3 Å². The van der Waals surface area contributed by atoms with E-state index in [9.17, 15) is 5.11 Å². The number of halogens is 1. The molecule has 0 radical (unpaired) electrons. The monoisotopic (exact) mass is 219 g/mol. The summed E-state index contributed by atoms with van der Waals surface area (Å²) in [5.74, 6) is 0.